The fourth-order valence-electron chi connectivity index (χ4n) is 2.31. The van der Waals surface area contributed by atoms with Crippen molar-refractivity contribution in [2.75, 3.05) is 6.54 Å². The molecule has 2 N–H and O–H groups in total. The normalized spacial score (nSPS) is 14.6. The first kappa shape index (κ1) is 17.7. The van der Waals surface area contributed by atoms with Gasteiger partial charge in [0.05, 0.1) is 16.8 Å². The summed E-state index contributed by atoms with van der Waals surface area (Å²) in [5.41, 5.74) is -0.121. The van der Waals surface area contributed by atoms with Crippen LogP contribution >= 0.6 is 0 Å². The summed E-state index contributed by atoms with van der Waals surface area (Å²) >= 11 is 0. The van der Waals surface area contributed by atoms with Crippen molar-refractivity contribution in [3.05, 3.63) is 54.0 Å². The van der Waals surface area contributed by atoms with Crippen molar-refractivity contribution in [3.63, 3.8) is 0 Å². The van der Waals surface area contributed by atoms with Gasteiger partial charge >= 0.3 is 0 Å². The van der Waals surface area contributed by atoms with Gasteiger partial charge in [-0.2, -0.15) is 0 Å². The van der Waals surface area contributed by atoms with Crippen molar-refractivity contribution >= 4 is 10.0 Å². The number of nitrogens with one attached hydrogen (secondary N) is 1. The van der Waals surface area contributed by atoms with E-state index in [1.165, 1.54) is 6.26 Å². The molecule has 0 amide bonds. The summed E-state index contributed by atoms with van der Waals surface area (Å²) in [6.45, 7) is 3.56. The summed E-state index contributed by atoms with van der Waals surface area (Å²) in [4.78, 5) is 0.200. The summed E-state index contributed by atoms with van der Waals surface area (Å²) in [5, 5.41) is 10.3. The molecule has 0 aliphatic heterocycles. The zero-order chi connectivity index (χ0) is 16.9. The Kier molecular flexibility index (Phi) is 5.62. The van der Waals surface area contributed by atoms with Crippen molar-refractivity contribution in [1.29, 1.82) is 0 Å². The molecule has 0 aliphatic carbocycles. The van der Waals surface area contributed by atoms with E-state index in [9.17, 15) is 13.5 Å². The highest BCUT2D eigenvalue weighted by molar-refractivity contribution is 7.89. The number of benzene rings is 1. The fourth-order valence-corrected chi connectivity index (χ4v) is 3.47. The van der Waals surface area contributed by atoms with Crippen LogP contribution in [0.25, 0.3) is 0 Å². The Balaban J connectivity index is 2.00. The fraction of sp³-hybridized carbons (Fsp3) is 0.412. The van der Waals surface area contributed by atoms with E-state index in [1.807, 2.05) is 12.1 Å². The van der Waals surface area contributed by atoms with Crippen LogP contribution in [0.15, 0.2) is 52.0 Å². The van der Waals surface area contributed by atoms with E-state index >= 15 is 0 Å². The molecule has 0 spiro atoms. The first-order valence-electron chi connectivity index (χ1n) is 7.66. The van der Waals surface area contributed by atoms with Crippen LogP contribution in [-0.4, -0.2) is 25.7 Å². The second-order valence-corrected chi connectivity index (χ2v) is 7.74. The van der Waals surface area contributed by atoms with Crippen LogP contribution in [0.4, 0.5) is 0 Å². The van der Waals surface area contributed by atoms with Crippen LogP contribution in [0.3, 0.4) is 0 Å². The highest BCUT2D eigenvalue weighted by atomic mass is 32.2. The van der Waals surface area contributed by atoms with Crippen LogP contribution in [0.2, 0.25) is 0 Å². The van der Waals surface area contributed by atoms with Gasteiger partial charge in [-0.1, -0.05) is 25.5 Å². The summed E-state index contributed by atoms with van der Waals surface area (Å²) in [6, 6.07) is 10.3. The van der Waals surface area contributed by atoms with E-state index in [4.69, 9.17) is 4.42 Å². The summed E-state index contributed by atoms with van der Waals surface area (Å²) < 4.78 is 32.3. The zero-order valence-electron chi connectivity index (χ0n) is 13.5. The third-order valence-electron chi connectivity index (χ3n) is 3.55. The maximum absolute atomic E-state index is 12.3. The third-order valence-corrected chi connectivity index (χ3v) is 4.97. The van der Waals surface area contributed by atoms with Crippen molar-refractivity contribution in [1.82, 2.24) is 4.72 Å². The Bertz CT molecular complexity index is 704. The van der Waals surface area contributed by atoms with Gasteiger partial charge in [-0.05, 0) is 43.2 Å². The molecule has 0 saturated heterocycles. The van der Waals surface area contributed by atoms with Gasteiger partial charge in [0, 0.05) is 13.0 Å². The number of rotatable bonds is 8. The van der Waals surface area contributed by atoms with Crippen LogP contribution in [0, 0.1) is 0 Å². The molecule has 23 heavy (non-hydrogen) atoms. The molecule has 0 aliphatic rings. The minimum atomic E-state index is -3.64. The first-order chi connectivity index (χ1) is 10.8. The van der Waals surface area contributed by atoms with Gasteiger partial charge in [-0.3, -0.25) is 0 Å². The van der Waals surface area contributed by atoms with Crippen LogP contribution in [0.5, 0.6) is 0 Å². The predicted molar refractivity (Wildman–Crippen MR) is 88.7 cm³/mol. The largest absolute Gasteiger partial charge is 0.469 e. The van der Waals surface area contributed by atoms with Gasteiger partial charge in [-0.25, -0.2) is 13.1 Å². The average Bonchev–Trinajstić information content (AvgIpc) is 2.99. The molecule has 1 aromatic heterocycles. The Morgan fingerprint density at radius 2 is 1.91 bits per heavy atom. The van der Waals surface area contributed by atoms with E-state index in [0.29, 0.717) is 5.76 Å². The van der Waals surface area contributed by atoms with Gasteiger partial charge in [0.15, 0.2) is 0 Å². The highest BCUT2D eigenvalue weighted by Crippen LogP contribution is 2.15. The van der Waals surface area contributed by atoms with Crippen LogP contribution < -0.4 is 4.72 Å². The van der Waals surface area contributed by atoms with Crippen molar-refractivity contribution in [2.45, 2.75) is 43.6 Å². The van der Waals surface area contributed by atoms with E-state index in [0.717, 1.165) is 18.4 Å². The maximum atomic E-state index is 12.3. The van der Waals surface area contributed by atoms with E-state index in [1.54, 1.807) is 31.2 Å². The molecule has 0 fully saturated rings. The predicted octanol–water partition coefficient (Wildman–Crippen LogP) is 2.50. The number of hydrogen-bond donors (Lipinski definition) is 2. The molecule has 2 aromatic rings. The standard InChI is InChI=1S/C17H23NO4S/c1-3-5-14-7-9-16(10-8-14)23(20,21)18-13-17(2,19)12-15-6-4-11-22-15/h4,6-11,18-19H,3,5,12-13H2,1-2H3. The molecular weight excluding hydrogens is 314 g/mol. The summed E-state index contributed by atoms with van der Waals surface area (Å²) in [6.07, 6.45) is 3.69. The second-order valence-electron chi connectivity index (χ2n) is 5.97. The number of furan rings is 1. The molecule has 0 bridgehead atoms. The third kappa shape index (κ3) is 5.20. The maximum Gasteiger partial charge on any atom is 0.240 e. The average molecular weight is 337 g/mol. The Morgan fingerprint density at radius 3 is 2.48 bits per heavy atom. The number of sulfonamides is 1. The molecule has 0 radical (unpaired) electrons. The topological polar surface area (TPSA) is 79.5 Å². The molecule has 1 heterocycles. The number of hydrogen-bond acceptors (Lipinski definition) is 4. The Labute approximate surface area is 137 Å². The van der Waals surface area contributed by atoms with E-state index in [2.05, 4.69) is 11.6 Å². The molecule has 0 saturated carbocycles. The Morgan fingerprint density at radius 1 is 1.22 bits per heavy atom. The lowest BCUT2D eigenvalue weighted by Gasteiger charge is -2.22. The molecule has 2 rings (SSSR count). The first-order valence-corrected chi connectivity index (χ1v) is 9.14. The lowest BCUT2D eigenvalue weighted by Crippen LogP contribution is -2.42. The van der Waals surface area contributed by atoms with E-state index in [-0.39, 0.29) is 17.9 Å². The second kappa shape index (κ2) is 7.29. The van der Waals surface area contributed by atoms with Gasteiger partial charge < -0.3 is 9.52 Å². The summed E-state index contributed by atoms with van der Waals surface area (Å²) in [5.74, 6) is 0.609. The molecule has 5 nitrogen and oxygen atoms in total. The van der Waals surface area contributed by atoms with Gasteiger partial charge in [-0.15, -0.1) is 0 Å². The minimum absolute atomic E-state index is 0.0905. The van der Waals surface area contributed by atoms with Crippen LogP contribution in [-0.2, 0) is 22.9 Å². The molecule has 1 aromatic carbocycles. The zero-order valence-corrected chi connectivity index (χ0v) is 14.3. The number of aryl methyl sites for hydroxylation is 1. The van der Waals surface area contributed by atoms with E-state index < -0.39 is 15.6 Å². The molecular formula is C17H23NO4S. The molecule has 6 heteroatoms. The van der Waals surface area contributed by atoms with Gasteiger partial charge in [0.25, 0.3) is 0 Å². The van der Waals surface area contributed by atoms with Crippen LogP contribution in [0.1, 0.15) is 31.6 Å². The minimum Gasteiger partial charge on any atom is -0.469 e. The van der Waals surface area contributed by atoms with Gasteiger partial charge in [0.2, 0.25) is 10.0 Å². The van der Waals surface area contributed by atoms with Crippen molar-refractivity contribution < 1.29 is 17.9 Å². The highest BCUT2D eigenvalue weighted by Gasteiger charge is 2.25. The summed E-state index contributed by atoms with van der Waals surface area (Å²) in [7, 11) is -3.64. The molecule has 1 unspecified atom stereocenters. The van der Waals surface area contributed by atoms with Crippen molar-refractivity contribution in [3.8, 4) is 0 Å². The smallest absolute Gasteiger partial charge is 0.240 e. The lowest BCUT2D eigenvalue weighted by molar-refractivity contribution is 0.0603. The molecule has 1 atom stereocenters. The lowest BCUT2D eigenvalue weighted by atomic mass is 10.0. The molecule has 126 valence electrons. The monoisotopic (exact) mass is 337 g/mol. The van der Waals surface area contributed by atoms with Gasteiger partial charge in [0.1, 0.15) is 5.76 Å². The number of aliphatic hydroxyl groups is 1. The van der Waals surface area contributed by atoms with Crippen molar-refractivity contribution in [2.24, 2.45) is 0 Å². The quantitative estimate of drug-likeness (QED) is 0.776. The Hall–Kier alpha value is -1.63. The SMILES string of the molecule is CCCc1ccc(S(=O)(=O)NCC(C)(O)Cc2ccco2)cc1.